The predicted octanol–water partition coefficient (Wildman–Crippen LogP) is 3.58. The molecular formula is C18H23Cl3N4O2. The van der Waals surface area contributed by atoms with Crippen molar-refractivity contribution in [2.24, 2.45) is 0 Å². The van der Waals surface area contributed by atoms with Crippen molar-refractivity contribution in [1.82, 2.24) is 20.5 Å². The van der Waals surface area contributed by atoms with Crippen LogP contribution in [0.3, 0.4) is 0 Å². The van der Waals surface area contributed by atoms with E-state index in [2.05, 4.69) is 15.6 Å². The number of benzene rings is 1. The van der Waals surface area contributed by atoms with Gasteiger partial charge in [0.25, 0.3) is 0 Å². The first kappa shape index (κ1) is 23.3. The molecule has 2 amide bonds. The third-order valence-corrected chi connectivity index (χ3v) is 4.45. The van der Waals surface area contributed by atoms with Crippen molar-refractivity contribution in [3.63, 3.8) is 0 Å². The lowest BCUT2D eigenvalue weighted by atomic mass is 10.1. The van der Waals surface area contributed by atoms with Crippen molar-refractivity contribution in [2.45, 2.75) is 13.2 Å². The Hall–Kier alpha value is -1.73. The topological polar surface area (TPSA) is 66.5 Å². The molecule has 1 aromatic heterocycles. The van der Waals surface area contributed by atoms with Crippen molar-refractivity contribution in [2.75, 3.05) is 26.2 Å². The highest BCUT2D eigenvalue weighted by molar-refractivity contribution is 6.31. The third kappa shape index (κ3) is 6.43. The van der Waals surface area contributed by atoms with Crippen molar-refractivity contribution >= 4 is 42.4 Å². The molecule has 2 heterocycles. The number of urea groups is 1. The molecule has 1 aliphatic rings. The second-order valence-corrected chi connectivity index (χ2v) is 6.29. The van der Waals surface area contributed by atoms with Gasteiger partial charge in [-0.25, -0.2) is 4.79 Å². The first-order valence-corrected chi connectivity index (χ1v) is 8.60. The number of nitrogens with zero attached hydrogens (tertiary/aromatic N) is 2. The summed E-state index contributed by atoms with van der Waals surface area (Å²) in [4.78, 5) is 18.4. The lowest BCUT2D eigenvalue weighted by Gasteiger charge is -2.30. The summed E-state index contributed by atoms with van der Waals surface area (Å²) in [6.45, 7) is 4.85. The normalized spacial score (nSPS) is 14.4. The smallest absolute Gasteiger partial charge is 0.320 e. The summed E-state index contributed by atoms with van der Waals surface area (Å²) in [5.41, 5.74) is 1.75. The molecule has 27 heavy (non-hydrogen) atoms. The van der Waals surface area contributed by atoms with Crippen molar-refractivity contribution < 1.29 is 9.53 Å². The Morgan fingerprint density at radius 2 is 2.04 bits per heavy atom. The van der Waals surface area contributed by atoms with Crippen LogP contribution in [-0.2, 0) is 0 Å². The molecule has 1 aromatic carbocycles. The molecule has 2 N–H and O–H groups in total. The number of halogens is 3. The van der Waals surface area contributed by atoms with E-state index in [-0.39, 0.29) is 30.8 Å². The number of hydrogen-bond donors (Lipinski definition) is 2. The number of amides is 2. The van der Waals surface area contributed by atoms with Gasteiger partial charge < -0.3 is 15.0 Å². The second-order valence-electron chi connectivity index (χ2n) is 5.88. The van der Waals surface area contributed by atoms with Gasteiger partial charge in [-0.1, -0.05) is 23.7 Å². The maximum Gasteiger partial charge on any atom is 0.320 e. The van der Waals surface area contributed by atoms with Crippen LogP contribution in [0.1, 0.15) is 17.4 Å². The van der Waals surface area contributed by atoms with E-state index in [1.807, 2.05) is 25.1 Å². The van der Waals surface area contributed by atoms with Gasteiger partial charge in [-0.2, -0.15) is 0 Å². The average molecular weight is 434 g/mol. The molecule has 0 aliphatic carbocycles. The van der Waals surface area contributed by atoms with Gasteiger partial charge in [0, 0.05) is 43.0 Å². The van der Waals surface area contributed by atoms with Crippen molar-refractivity contribution in [3.8, 4) is 5.75 Å². The molecule has 0 saturated carbocycles. The highest BCUT2D eigenvalue weighted by Crippen LogP contribution is 2.24. The fraction of sp³-hybridized carbons (Fsp3) is 0.333. The van der Waals surface area contributed by atoms with Crippen LogP contribution in [0.25, 0.3) is 0 Å². The van der Waals surface area contributed by atoms with Crippen LogP contribution >= 0.6 is 36.4 Å². The van der Waals surface area contributed by atoms with Crippen molar-refractivity contribution in [3.05, 3.63) is 58.9 Å². The van der Waals surface area contributed by atoms with E-state index in [4.69, 9.17) is 16.3 Å². The molecule has 0 bridgehead atoms. The summed E-state index contributed by atoms with van der Waals surface area (Å²) in [6.07, 6.45) is 2.63. The van der Waals surface area contributed by atoms with Gasteiger partial charge in [0.05, 0.1) is 6.20 Å². The zero-order valence-corrected chi connectivity index (χ0v) is 17.2. The highest BCUT2D eigenvalue weighted by atomic mass is 35.5. The maximum atomic E-state index is 12.6. The first-order valence-electron chi connectivity index (χ1n) is 8.22. The molecule has 6 nitrogen and oxygen atoms in total. The third-order valence-electron chi connectivity index (χ3n) is 4.05. The van der Waals surface area contributed by atoms with Gasteiger partial charge in [0.2, 0.25) is 0 Å². The number of nitrogens with one attached hydrogen (secondary N) is 2. The molecule has 1 saturated heterocycles. The van der Waals surface area contributed by atoms with Crippen LogP contribution in [0, 0.1) is 6.92 Å². The number of rotatable bonds is 4. The Morgan fingerprint density at radius 3 is 2.67 bits per heavy atom. The SMILES string of the molecule is Cc1ccc(C(NC(=O)N2CCNCC2)Oc2cccnc2)cc1Cl.Cl.Cl. The van der Waals surface area contributed by atoms with E-state index < -0.39 is 6.23 Å². The molecule has 0 spiro atoms. The Bertz CT molecular complexity index is 728. The first-order chi connectivity index (χ1) is 12.1. The Morgan fingerprint density at radius 1 is 1.30 bits per heavy atom. The quantitative estimate of drug-likeness (QED) is 0.723. The molecule has 0 radical (unpaired) electrons. The largest absolute Gasteiger partial charge is 0.465 e. The van der Waals surface area contributed by atoms with E-state index >= 15 is 0 Å². The number of pyridine rings is 1. The highest BCUT2D eigenvalue weighted by Gasteiger charge is 2.22. The lowest BCUT2D eigenvalue weighted by molar-refractivity contribution is 0.140. The average Bonchev–Trinajstić information content (AvgIpc) is 2.65. The summed E-state index contributed by atoms with van der Waals surface area (Å²) in [5, 5.41) is 6.81. The fourth-order valence-electron chi connectivity index (χ4n) is 2.58. The summed E-state index contributed by atoms with van der Waals surface area (Å²) in [6, 6.07) is 9.05. The van der Waals surface area contributed by atoms with Crippen LogP contribution in [0.4, 0.5) is 4.79 Å². The molecule has 148 valence electrons. The van der Waals surface area contributed by atoms with Gasteiger partial charge in [0.15, 0.2) is 6.23 Å². The molecule has 3 rings (SSSR count). The van der Waals surface area contributed by atoms with Crippen LogP contribution in [0.5, 0.6) is 5.75 Å². The van der Waals surface area contributed by atoms with Crippen LogP contribution in [-0.4, -0.2) is 42.1 Å². The summed E-state index contributed by atoms with van der Waals surface area (Å²) in [5.74, 6) is 0.574. The van der Waals surface area contributed by atoms with Gasteiger partial charge >= 0.3 is 6.03 Å². The number of aromatic nitrogens is 1. The van der Waals surface area contributed by atoms with E-state index in [9.17, 15) is 4.79 Å². The van der Waals surface area contributed by atoms with Crippen LogP contribution in [0.15, 0.2) is 42.7 Å². The van der Waals surface area contributed by atoms with Gasteiger partial charge in [-0.05, 0) is 30.7 Å². The summed E-state index contributed by atoms with van der Waals surface area (Å²) in [7, 11) is 0. The van der Waals surface area contributed by atoms with Crippen LogP contribution in [0.2, 0.25) is 5.02 Å². The van der Waals surface area contributed by atoms with Gasteiger partial charge in [-0.3, -0.25) is 10.3 Å². The van der Waals surface area contributed by atoms with Gasteiger partial charge in [-0.15, -0.1) is 24.8 Å². The minimum absolute atomic E-state index is 0. The molecule has 1 unspecified atom stereocenters. The monoisotopic (exact) mass is 432 g/mol. The minimum atomic E-state index is -0.648. The molecule has 2 aromatic rings. The Labute approximate surface area is 176 Å². The standard InChI is InChI=1S/C18H21ClN4O2.2ClH/c1-13-4-5-14(11-16(13)19)17(25-15-3-2-6-21-12-15)22-18(24)23-9-7-20-8-10-23;;/h2-6,11-12,17,20H,7-10H2,1H3,(H,22,24);2*1H. The molecular weight excluding hydrogens is 411 g/mol. The zero-order chi connectivity index (χ0) is 17.6. The van der Waals surface area contributed by atoms with E-state index in [0.717, 1.165) is 24.2 Å². The lowest BCUT2D eigenvalue weighted by Crippen LogP contribution is -2.51. The molecule has 9 heteroatoms. The molecule has 1 aliphatic heterocycles. The number of carbonyl (C=O) groups excluding carboxylic acids is 1. The van der Waals surface area contributed by atoms with Gasteiger partial charge in [0.1, 0.15) is 5.75 Å². The minimum Gasteiger partial charge on any atom is -0.465 e. The number of hydrogen-bond acceptors (Lipinski definition) is 4. The number of aryl methyl sites for hydroxylation is 1. The van der Waals surface area contributed by atoms with Crippen molar-refractivity contribution in [1.29, 1.82) is 0 Å². The second kappa shape index (κ2) is 11.2. The predicted molar refractivity (Wildman–Crippen MR) is 111 cm³/mol. The number of piperazine rings is 1. The zero-order valence-electron chi connectivity index (χ0n) is 14.9. The molecule has 1 atom stereocenters. The molecule has 1 fully saturated rings. The maximum absolute atomic E-state index is 12.6. The Balaban J connectivity index is 0.00000182. The van der Waals surface area contributed by atoms with Crippen LogP contribution < -0.4 is 15.4 Å². The summed E-state index contributed by atoms with van der Waals surface area (Å²) >= 11 is 6.25. The number of carbonyl (C=O) groups is 1. The van der Waals surface area contributed by atoms with E-state index in [1.54, 1.807) is 29.4 Å². The van der Waals surface area contributed by atoms with E-state index in [0.29, 0.717) is 23.9 Å². The Kier molecular flexibility index (Phi) is 9.66. The summed E-state index contributed by atoms with van der Waals surface area (Å²) < 4.78 is 5.96. The fourth-order valence-corrected chi connectivity index (χ4v) is 2.77. The van der Waals surface area contributed by atoms with E-state index in [1.165, 1.54) is 0 Å². The number of ether oxygens (including phenoxy) is 1.